The minimum absolute atomic E-state index is 0.0345. The highest BCUT2D eigenvalue weighted by Gasteiger charge is 2.03. The SMILES string of the molecule is CCNC(=NCC(=O)Nc1cccnc1)NCCc1ccc(OC)cc1. The second-order valence-electron chi connectivity index (χ2n) is 5.51. The van der Waals surface area contributed by atoms with E-state index in [1.807, 2.05) is 31.2 Å². The van der Waals surface area contributed by atoms with Gasteiger partial charge in [-0.1, -0.05) is 12.1 Å². The second-order valence-corrected chi connectivity index (χ2v) is 5.51. The number of nitrogens with zero attached hydrogens (tertiary/aromatic N) is 2. The van der Waals surface area contributed by atoms with Gasteiger partial charge in [0.2, 0.25) is 5.91 Å². The molecule has 0 fully saturated rings. The summed E-state index contributed by atoms with van der Waals surface area (Å²) in [4.78, 5) is 20.2. The third kappa shape index (κ3) is 6.80. The van der Waals surface area contributed by atoms with Crippen molar-refractivity contribution >= 4 is 17.6 Å². The Morgan fingerprint density at radius 1 is 1.19 bits per heavy atom. The summed E-state index contributed by atoms with van der Waals surface area (Å²) in [5, 5.41) is 9.12. The molecule has 1 aromatic heterocycles. The van der Waals surface area contributed by atoms with Gasteiger partial charge < -0.3 is 20.7 Å². The summed E-state index contributed by atoms with van der Waals surface area (Å²) >= 11 is 0. The Labute approximate surface area is 153 Å². The molecular weight excluding hydrogens is 330 g/mol. The van der Waals surface area contributed by atoms with Crippen LogP contribution >= 0.6 is 0 Å². The number of pyridine rings is 1. The van der Waals surface area contributed by atoms with Crippen molar-refractivity contribution in [2.75, 3.05) is 32.1 Å². The molecule has 138 valence electrons. The number of methoxy groups -OCH3 is 1. The molecule has 2 aromatic rings. The van der Waals surface area contributed by atoms with Crippen molar-refractivity contribution in [3.05, 3.63) is 54.4 Å². The molecule has 26 heavy (non-hydrogen) atoms. The van der Waals surface area contributed by atoms with Crippen LogP contribution < -0.4 is 20.7 Å². The smallest absolute Gasteiger partial charge is 0.246 e. The van der Waals surface area contributed by atoms with Crippen LogP contribution in [0.3, 0.4) is 0 Å². The van der Waals surface area contributed by atoms with Gasteiger partial charge in [-0.3, -0.25) is 9.78 Å². The molecular formula is C19H25N5O2. The van der Waals surface area contributed by atoms with Gasteiger partial charge in [-0.15, -0.1) is 0 Å². The molecule has 1 heterocycles. The van der Waals surface area contributed by atoms with E-state index in [0.29, 0.717) is 18.2 Å². The highest BCUT2D eigenvalue weighted by atomic mass is 16.5. The summed E-state index contributed by atoms with van der Waals surface area (Å²) in [6.45, 7) is 3.45. The van der Waals surface area contributed by atoms with Gasteiger partial charge in [0.1, 0.15) is 12.3 Å². The summed E-state index contributed by atoms with van der Waals surface area (Å²) in [7, 11) is 1.65. The van der Waals surface area contributed by atoms with E-state index in [9.17, 15) is 4.79 Å². The predicted molar refractivity (Wildman–Crippen MR) is 104 cm³/mol. The van der Waals surface area contributed by atoms with Crippen molar-refractivity contribution in [3.63, 3.8) is 0 Å². The first-order chi connectivity index (χ1) is 12.7. The molecule has 0 aliphatic heterocycles. The topological polar surface area (TPSA) is 87.6 Å². The van der Waals surface area contributed by atoms with E-state index in [1.165, 1.54) is 5.56 Å². The Morgan fingerprint density at radius 3 is 2.65 bits per heavy atom. The van der Waals surface area contributed by atoms with Crippen LogP contribution in [0.2, 0.25) is 0 Å². The zero-order chi connectivity index (χ0) is 18.6. The summed E-state index contributed by atoms with van der Waals surface area (Å²) < 4.78 is 5.15. The lowest BCUT2D eigenvalue weighted by Crippen LogP contribution is -2.39. The van der Waals surface area contributed by atoms with Crippen LogP contribution in [-0.2, 0) is 11.2 Å². The van der Waals surface area contributed by atoms with E-state index in [0.717, 1.165) is 18.7 Å². The summed E-state index contributed by atoms with van der Waals surface area (Å²) in [6, 6.07) is 11.5. The monoisotopic (exact) mass is 355 g/mol. The second kappa shape index (κ2) is 10.7. The maximum absolute atomic E-state index is 12.0. The highest BCUT2D eigenvalue weighted by Crippen LogP contribution is 2.11. The van der Waals surface area contributed by atoms with Gasteiger partial charge in [-0.2, -0.15) is 0 Å². The van der Waals surface area contributed by atoms with Gasteiger partial charge in [-0.25, -0.2) is 4.99 Å². The molecule has 0 atom stereocenters. The maximum Gasteiger partial charge on any atom is 0.246 e. The van der Waals surface area contributed by atoms with Crippen LogP contribution in [0.5, 0.6) is 5.75 Å². The molecule has 7 heteroatoms. The van der Waals surface area contributed by atoms with Gasteiger partial charge in [0.25, 0.3) is 0 Å². The Kier molecular flexibility index (Phi) is 7.92. The number of hydrogen-bond donors (Lipinski definition) is 3. The Bertz CT molecular complexity index is 702. The number of nitrogens with one attached hydrogen (secondary N) is 3. The number of guanidine groups is 1. The molecule has 1 aromatic carbocycles. The van der Waals surface area contributed by atoms with E-state index in [1.54, 1.807) is 31.6 Å². The Balaban J connectivity index is 1.80. The van der Waals surface area contributed by atoms with Crippen LogP contribution in [0.25, 0.3) is 0 Å². The van der Waals surface area contributed by atoms with Gasteiger partial charge >= 0.3 is 0 Å². The Hall–Kier alpha value is -3.09. The lowest BCUT2D eigenvalue weighted by atomic mass is 10.1. The quantitative estimate of drug-likeness (QED) is 0.497. The third-order valence-electron chi connectivity index (χ3n) is 3.54. The number of ether oxygens (including phenoxy) is 1. The molecule has 3 N–H and O–H groups in total. The number of amides is 1. The first kappa shape index (κ1) is 19.2. The molecule has 0 saturated heterocycles. The number of aliphatic imine (C=N–C) groups is 1. The van der Waals surface area contributed by atoms with Crippen LogP contribution in [0.15, 0.2) is 53.8 Å². The molecule has 0 bridgehead atoms. The average molecular weight is 355 g/mol. The fourth-order valence-electron chi connectivity index (χ4n) is 2.25. The fourth-order valence-corrected chi connectivity index (χ4v) is 2.25. The first-order valence-corrected chi connectivity index (χ1v) is 8.56. The zero-order valence-electron chi connectivity index (χ0n) is 15.2. The lowest BCUT2D eigenvalue weighted by Gasteiger charge is -2.11. The fraction of sp³-hybridized carbons (Fsp3) is 0.316. The molecule has 1 amide bonds. The van der Waals surface area contributed by atoms with Crippen molar-refractivity contribution in [2.45, 2.75) is 13.3 Å². The van der Waals surface area contributed by atoms with Crippen LogP contribution in [-0.4, -0.2) is 43.6 Å². The van der Waals surface area contributed by atoms with Crippen LogP contribution in [0, 0.1) is 0 Å². The van der Waals surface area contributed by atoms with Crippen molar-refractivity contribution in [2.24, 2.45) is 4.99 Å². The molecule has 0 spiro atoms. The molecule has 7 nitrogen and oxygen atoms in total. The lowest BCUT2D eigenvalue weighted by molar-refractivity contribution is -0.114. The van der Waals surface area contributed by atoms with E-state index < -0.39 is 0 Å². The highest BCUT2D eigenvalue weighted by molar-refractivity contribution is 5.93. The Morgan fingerprint density at radius 2 is 2.00 bits per heavy atom. The van der Waals surface area contributed by atoms with Gasteiger partial charge in [-0.05, 0) is 43.2 Å². The molecule has 0 unspecified atom stereocenters. The predicted octanol–water partition coefficient (Wildman–Crippen LogP) is 1.83. The normalized spacial score (nSPS) is 10.9. The number of anilines is 1. The molecule has 0 saturated carbocycles. The van der Waals surface area contributed by atoms with E-state index in [-0.39, 0.29) is 12.5 Å². The molecule has 0 aliphatic carbocycles. The number of aromatic nitrogens is 1. The van der Waals surface area contributed by atoms with Crippen LogP contribution in [0.4, 0.5) is 5.69 Å². The van der Waals surface area contributed by atoms with Crippen molar-refractivity contribution in [1.29, 1.82) is 0 Å². The number of carbonyl (C=O) groups is 1. The van der Waals surface area contributed by atoms with Gasteiger partial charge in [0.15, 0.2) is 5.96 Å². The average Bonchev–Trinajstić information content (AvgIpc) is 2.67. The third-order valence-corrected chi connectivity index (χ3v) is 3.54. The number of carbonyl (C=O) groups excluding carboxylic acids is 1. The van der Waals surface area contributed by atoms with Crippen molar-refractivity contribution in [1.82, 2.24) is 15.6 Å². The molecule has 2 rings (SSSR count). The molecule has 0 radical (unpaired) electrons. The van der Waals surface area contributed by atoms with Crippen LogP contribution in [0.1, 0.15) is 12.5 Å². The van der Waals surface area contributed by atoms with Gasteiger partial charge in [0, 0.05) is 19.3 Å². The standard InChI is InChI=1S/C19H25N5O2/c1-3-21-19(22-12-10-15-6-8-17(26-2)9-7-15)23-14-18(25)24-16-5-4-11-20-13-16/h4-9,11,13H,3,10,12,14H2,1-2H3,(H,24,25)(H2,21,22,23). The molecule has 0 aliphatic rings. The summed E-state index contributed by atoms with van der Waals surface area (Å²) in [5.74, 6) is 1.27. The zero-order valence-corrected chi connectivity index (χ0v) is 15.2. The minimum Gasteiger partial charge on any atom is -0.497 e. The summed E-state index contributed by atoms with van der Waals surface area (Å²) in [5.41, 5.74) is 1.86. The largest absolute Gasteiger partial charge is 0.497 e. The van der Waals surface area contributed by atoms with E-state index >= 15 is 0 Å². The van der Waals surface area contributed by atoms with Crippen molar-refractivity contribution in [3.8, 4) is 5.75 Å². The maximum atomic E-state index is 12.0. The van der Waals surface area contributed by atoms with E-state index in [4.69, 9.17) is 4.74 Å². The number of rotatable bonds is 8. The first-order valence-electron chi connectivity index (χ1n) is 8.56. The number of benzene rings is 1. The number of hydrogen-bond acceptors (Lipinski definition) is 4. The van der Waals surface area contributed by atoms with E-state index in [2.05, 4.69) is 25.9 Å². The van der Waals surface area contributed by atoms with Gasteiger partial charge in [0.05, 0.1) is 19.0 Å². The van der Waals surface area contributed by atoms with Crippen molar-refractivity contribution < 1.29 is 9.53 Å². The minimum atomic E-state index is -0.189. The summed E-state index contributed by atoms with van der Waals surface area (Å²) in [6.07, 6.45) is 4.10.